The number of phosphoric ester groups is 2. The number of phosphoric acid groups is 2. The Kier molecular flexibility index (Phi) is 72.6. The average molecular weight is 1480 g/mol. The molecule has 0 aliphatic carbocycles. The van der Waals surface area contributed by atoms with E-state index < -0.39 is 97.5 Å². The van der Waals surface area contributed by atoms with Crippen LogP contribution in [-0.2, 0) is 65.4 Å². The van der Waals surface area contributed by atoms with E-state index in [1.807, 2.05) is 0 Å². The van der Waals surface area contributed by atoms with Crippen LogP contribution in [0.15, 0.2) is 24.3 Å². The third-order valence-electron chi connectivity index (χ3n) is 19.0. The summed E-state index contributed by atoms with van der Waals surface area (Å²) in [5.41, 5.74) is 0. The van der Waals surface area contributed by atoms with Gasteiger partial charge in [0.15, 0.2) is 12.2 Å². The topological polar surface area (TPSA) is 237 Å². The highest BCUT2D eigenvalue weighted by atomic mass is 31.2. The molecule has 0 radical (unpaired) electrons. The molecule has 3 unspecified atom stereocenters. The van der Waals surface area contributed by atoms with E-state index in [2.05, 4.69) is 58.9 Å². The first kappa shape index (κ1) is 98.5. The van der Waals surface area contributed by atoms with Crippen molar-refractivity contribution in [3.63, 3.8) is 0 Å². The van der Waals surface area contributed by atoms with E-state index in [0.29, 0.717) is 25.7 Å². The van der Waals surface area contributed by atoms with Gasteiger partial charge in [0.05, 0.1) is 26.4 Å². The van der Waals surface area contributed by atoms with Crippen molar-refractivity contribution in [2.45, 2.75) is 432 Å². The second kappa shape index (κ2) is 74.4. The fraction of sp³-hybridized carbons (Fsp3) is 0.902. The van der Waals surface area contributed by atoms with Crippen LogP contribution in [0.4, 0.5) is 0 Å². The molecule has 0 aromatic carbocycles. The number of esters is 4. The van der Waals surface area contributed by atoms with Gasteiger partial charge >= 0.3 is 39.5 Å². The van der Waals surface area contributed by atoms with Crippen LogP contribution in [0.5, 0.6) is 0 Å². The fourth-order valence-corrected chi connectivity index (χ4v) is 13.8. The van der Waals surface area contributed by atoms with E-state index in [-0.39, 0.29) is 25.7 Å². The zero-order chi connectivity index (χ0) is 74.1. The van der Waals surface area contributed by atoms with Gasteiger partial charge in [0.2, 0.25) is 0 Å². The number of allylic oxidation sites excluding steroid dienone is 4. The normalized spacial score (nSPS) is 14.3. The Hall–Kier alpha value is -2.46. The summed E-state index contributed by atoms with van der Waals surface area (Å²) in [5, 5.41) is 10.6. The number of aliphatic hydroxyl groups is 1. The van der Waals surface area contributed by atoms with Crippen LogP contribution in [0, 0.1) is 5.92 Å². The Bertz CT molecular complexity index is 2020. The lowest BCUT2D eigenvalue weighted by Gasteiger charge is -2.21. The third kappa shape index (κ3) is 74.2. The molecule has 0 fully saturated rings. The molecule has 0 saturated carbocycles. The molecule has 0 heterocycles. The molecule has 0 aliphatic heterocycles. The predicted molar refractivity (Wildman–Crippen MR) is 414 cm³/mol. The van der Waals surface area contributed by atoms with Crippen molar-refractivity contribution in [2.24, 2.45) is 5.92 Å². The minimum atomic E-state index is -4.97. The number of rotatable bonds is 80. The molecule has 3 N–H and O–H groups in total. The Morgan fingerprint density at radius 2 is 0.554 bits per heavy atom. The van der Waals surface area contributed by atoms with Gasteiger partial charge in [0.1, 0.15) is 19.3 Å². The van der Waals surface area contributed by atoms with Crippen molar-refractivity contribution >= 4 is 39.5 Å². The van der Waals surface area contributed by atoms with Crippen molar-refractivity contribution < 1.29 is 80.2 Å². The molecule has 0 aromatic heterocycles. The van der Waals surface area contributed by atoms with Crippen LogP contribution in [0.3, 0.4) is 0 Å². The molecule has 596 valence electrons. The van der Waals surface area contributed by atoms with Gasteiger partial charge in [-0.3, -0.25) is 37.3 Å². The number of unbranched alkanes of at least 4 members (excludes halogenated alkanes) is 48. The molecule has 0 rings (SSSR count). The number of hydrogen-bond donors (Lipinski definition) is 3. The smallest absolute Gasteiger partial charge is 0.462 e. The molecule has 0 aromatic rings. The zero-order valence-electron chi connectivity index (χ0n) is 65.5. The second-order valence-electron chi connectivity index (χ2n) is 29.1. The summed E-state index contributed by atoms with van der Waals surface area (Å²) >= 11 is 0. The maximum absolute atomic E-state index is 13.1. The van der Waals surface area contributed by atoms with Crippen LogP contribution >= 0.6 is 15.6 Å². The van der Waals surface area contributed by atoms with Gasteiger partial charge < -0.3 is 33.8 Å². The maximum atomic E-state index is 13.1. The number of aliphatic hydroxyl groups excluding tert-OH is 1. The lowest BCUT2D eigenvalue weighted by molar-refractivity contribution is -0.161. The molecule has 6 atom stereocenters. The van der Waals surface area contributed by atoms with Crippen LogP contribution in [0.2, 0.25) is 0 Å². The highest BCUT2D eigenvalue weighted by Crippen LogP contribution is 2.45. The van der Waals surface area contributed by atoms with E-state index in [1.165, 1.54) is 212 Å². The fourth-order valence-electron chi connectivity index (χ4n) is 12.2. The summed E-state index contributed by atoms with van der Waals surface area (Å²) in [6.45, 7) is 7.28. The molecular formula is C82H156O17P2. The Morgan fingerprint density at radius 1 is 0.317 bits per heavy atom. The van der Waals surface area contributed by atoms with Gasteiger partial charge in [0.25, 0.3) is 0 Å². The molecule has 0 spiro atoms. The van der Waals surface area contributed by atoms with E-state index in [0.717, 1.165) is 121 Å². The Balaban J connectivity index is 5.20. The zero-order valence-corrected chi connectivity index (χ0v) is 67.3. The van der Waals surface area contributed by atoms with Crippen molar-refractivity contribution in [2.75, 3.05) is 39.6 Å². The average Bonchev–Trinajstić information content (AvgIpc) is 0.931. The van der Waals surface area contributed by atoms with Crippen LogP contribution in [0.1, 0.15) is 413 Å². The van der Waals surface area contributed by atoms with Crippen LogP contribution < -0.4 is 0 Å². The summed E-state index contributed by atoms with van der Waals surface area (Å²) < 4.78 is 68.6. The van der Waals surface area contributed by atoms with Gasteiger partial charge in [-0.2, -0.15) is 0 Å². The van der Waals surface area contributed by atoms with Gasteiger partial charge in [-0.05, 0) is 57.3 Å². The summed E-state index contributed by atoms with van der Waals surface area (Å²) in [6.07, 6.45) is 69.0. The van der Waals surface area contributed by atoms with Crippen molar-refractivity contribution in [3.8, 4) is 0 Å². The number of carbonyl (C=O) groups excluding carboxylic acids is 4. The molecular weight excluding hydrogens is 1320 g/mol. The summed E-state index contributed by atoms with van der Waals surface area (Å²) in [6, 6.07) is 0. The van der Waals surface area contributed by atoms with Crippen LogP contribution in [-0.4, -0.2) is 96.7 Å². The standard InChI is InChI=1S/C82H156O17P2/c1-6-10-13-16-19-21-23-25-27-28-29-30-31-32-34-40-44-48-53-58-63-68-82(87)99-78(72-93-80(85)66-61-56-51-46-42-38-36-35-37-41-45-50-54-59-64-75(5)9-4)74-97-101(90,91)95-70-76(83)69-94-100(88,89)96-73-77(71-92-79(84)65-60-55-49-18-15-12-8-3)98-81(86)67-62-57-52-47-43-39-33-26-24-22-20-17-14-11-7-2/h22,24,26,33,75-78,83H,6-21,23,25,27-32,34-74H2,1-5H3,(H,88,89)(H,90,91)/b24-22-,33-26-/t75?,76-,77+,78+/m0/s1. The summed E-state index contributed by atoms with van der Waals surface area (Å²) in [4.78, 5) is 72.9. The Morgan fingerprint density at radius 3 is 0.842 bits per heavy atom. The molecule has 0 saturated heterocycles. The van der Waals surface area contributed by atoms with Gasteiger partial charge in [-0.15, -0.1) is 0 Å². The van der Waals surface area contributed by atoms with Crippen LogP contribution in [0.25, 0.3) is 0 Å². The molecule has 0 bridgehead atoms. The van der Waals surface area contributed by atoms with Crippen molar-refractivity contribution in [1.29, 1.82) is 0 Å². The third-order valence-corrected chi connectivity index (χ3v) is 20.9. The van der Waals surface area contributed by atoms with E-state index in [9.17, 15) is 43.2 Å². The Labute approximate surface area is 618 Å². The van der Waals surface area contributed by atoms with Crippen molar-refractivity contribution in [1.82, 2.24) is 0 Å². The summed E-state index contributed by atoms with van der Waals surface area (Å²) in [5.74, 6) is -1.29. The molecule has 0 amide bonds. The van der Waals surface area contributed by atoms with Gasteiger partial charge in [0, 0.05) is 25.7 Å². The molecule has 101 heavy (non-hydrogen) atoms. The quantitative estimate of drug-likeness (QED) is 0.0169. The minimum Gasteiger partial charge on any atom is -0.462 e. The first-order valence-electron chi connectivity index (χ1n) is 42.0. The number of ether oxygens (including phenoxy) is 4. The predicted octanol–water partition coefficient (Wildman–Crippen LogP) is 24.4. The SMILES string of the molecule is CCCCCC/C=C\C=C/CCCCCCCC(=O)O[C@H](COC(=O)CCCCCCCCC)COP(=O)(O)OC[C@H](O)COP(=O)(O)OC[C@@H](COC(=O)CCCCCCCCCCCCCCCCC(C)CC)OC(=O)CCCCCCCCCCCCCCCCCCCCCCC. The maximum Gasteiger partial charge on any atom is 0.472 e. The lowest BCUT2D eigenvalue weighted by atomic mass is 9.99. The van der Waals surface area contributed by atoms with E-state index >= 15 is 0 Å². The van der Waals surface area contributed by atoms with Crippen molar-refractivity contribution in [3.05, 3.63) is 24.3 Å². The lowest BCUT2D eigenvalue weighted by Crippen LogP contribution is -2.30. The minimum absolute atomic E-state index is 0.0850. The largest absolute Gasteiger partial charge is 0.472 e. The highest BCUT2D eigenvalue weighted by Gasteiger charge is 2.30. The highest BCUT2D eigenvalue weighted by molar-refractivity contribution is 7.47. The van der Waals surface area contributed by atoms with E-state index in [4.69, 9.17) is 37.0 Å². The monoisotopic (exact) mass is 1480 g/mol. The number of carbonyl (C=O) groups is 4. The summed E-state index contributed by atoms with van der Waals surface area (Å²) in [7, 11) is -9.93. The number of hydrogen-bond acceptors (Lipinski definition) is 15. The first-order chi connectivity index (χ1) is 49.1. The first-order valence-corrected chi connectivity index (χ1v) is 45.0. The van der Waals surface area contributed by atoms with Gasteiger partial charge in [-0.25, -0.2) is 9.13 Å². The second-order valence-corrected chi connectivity index (χ2v) is 32.0. The molecule has 17 nitrogen and oxygen atoms in total. The van der Waals surface area contributed by atoms with Gasteiger partial charge in [-0.1, -0.05) is 361 Å². The molecule has 19 heteroatoms. The van der Waals surface area contributed by atoms with E-state index in [1.54, 1.807) is 0 Å². The molecule has 0 aliphatic rings.